The van der Waals surface area contributed by atoms with Crippen molar-refractivity contribution in [2.24, 2.45) is 11.8 Å². The number of allylic oxidation sites excluding steroid dienone is 1. The number of fused-ring (bicyclic) bond motifs is 2. The molecule has 0 N–H and O–H groups in total. The quantitative estimate of drug-likeness (QED) is 0.396. The Labute approximate surface area is 69.3 Å². The molecule has 1 heteroatoms. The van der Waals surface area contributed by atoms with Gasteiger partial charge in [0.2, 0.25) is 0 Å². The predicted octanol–water partition coefficient (Wildman–Crippen LogP) is 1.66. The second-order valence-electron chi connectivity index (χ2n) is 4.96. The first kappa shape index (κ1) is 7.35. The fourth-order valence-electron chi connectivity index (χ4n) is 2.64. The molecule has 1 fully saturated rings. The molecular weight excluding hydrogens is 134 g/mol. The molecule has 2 aliphatic rings. The van der Waals surface area contributed by atoms with Gasteiger partial charge < -0.3 is 4.48 Å². The molecule has 2 rings (SSSR count). The molecule has 0 spiro atoms. The minimum absolute atomic E-state index is 0.889. The fourth-order valence-corrected chi connectivity index (χ4v) is 2.64. The van der Waals surface area contributed by atoms with E-state index in [1.165, 1.54) is 12.8 Å². The molecule has 3 atom stereocenters. The Morgan fingerprint density at radius 3 is 2.09 bits per heavy atom. The van der Waals surface area contributed by atoms with Crippen molar-refractivity contribution in [2.75, 3.05) is 21.1 Å². The summed E-state index contributed by atoms with van der Waals surface area (Å²) in [6, 6.07) is 0.894. The molecule has 0 aliphatic heterocycles. The summed E-state index contributed by atoms with van der Waals surface area (Å²) in [6.07, 6.45) is 7.70. The van der Waals surface area contributed by atoms with E-state index >= 15 is 0 Å². The number of quaternary nitrogens is 1. The average molecular weight is 152 g/mol. The van der Waals surface area contributed by atoms with Crippen molar-refractivity contribution in [3.05, 3.63) is 12.2 Å². The van der Waals surface area contributed by atoms with Crippen LogP contribution in [0.2, 0.25) is 0 Å². The largest absolute Gasteiger partial charge is 0.328 e. The summed E-state index contributed by atoms with van der Waals surface area (Å²) >= 11 is 0. The van der Waals surface area contributed by atoms with Gasteiger partial charge in [0.1, 0.15) is 0 Å². The Hall–Kier alpha value is -0.300. The van der Waals surface area contributed by atoms with Gasteiger partial charge in [0.25, 0.3) is 0 Å². The maximum atomic E-state index is 2.43. The summed E-state index contributed by atoms with van der Waals surface area (Å²) in [5, 5.41) is 0. The first-order valence-electron chi connectivity index (χ1n) is 4.57. The highest BCUT2D eigenvalue weighted by molar-refractivity contribution is 5.10. The maximum Gasteiger partial charge on any atom is 0.0953 e. The summed E-state index contributed by atoms with van der Waals surface area (Å²) < 4.78 is 1.14. The second-order valence-corrected chi connectivity index (χ2v) is 4.96. The third-order valence-corrected chi connectivity index (χ3v) is 3.24. The van der Waals surface area contributed by atoms with Crippen molar-refractivity contribution < 1.29 is 4.48 Å². The minimum Gasteiger partial charge on any atom is -0.328 e. The molecule has 0 radical (unpaired) electrons. The van der Waals surface area contributed by atoms with E-state index in [4.69, 9.17) is 0 Å². The molecule has 3 unspecified atom stereocenters. The normalized spacial score (nSPS) is 41.9. The van der Waals surface area contributed by atoms with Crippen LogP contribution in [0.5, 0.6) is 0 Å². The molecule has 0 amide bonds. The van der Waals surface area contributed by atoms with Gasteiger partial charge in [0.05, 0.1) is 27.2 Å². The van der Waals surface area contributed by atoms with E-state index in [1.54, 1.807) is 0 Å². The Morgan fingerprint density at radius 1 is 1.09 bits per heavy atom. The van der Waals surface area contributed by atoms with Crippen LogP contribution in [0.3, 0.4) is 0 Å². The van der Waals surface area contributed by atoms with Gasteiger partial charge in [0.15, 0.2) is 0 Å². The minimum atomic E-state index is 0.889. The molecule has 1 saturated carbocycles. The smallest absolute Gasteiger partial charge is 0.0953 e. The van der Waals surface area contributed by atoms with Crippen LogP contribution < -0.4 is 0 Å². The average Bonchev–Trinajstić information content (AvgIpc) is 2.42. The molecule has 2 aliphatic carbocycles. The lowest BCUT2D eigenvalue weighted by Gasteiger charge is -2.35. The fraction of sp³-hybridized carbons (Fsp3) is 0.800. The zero-order valence-electron chi connectivity index (χ0n) is 7.75. The Bertz CT molecular complexity index is 188. The van der Waals surface area contributed by atoms with Gasteiger partial charge in [-0.1, -0.05) is 12.2 Å². The highest BCUT2D eigenvalue weighted by Crippen LogP contribution is 2.42. The zero-order valence-corrected chi connectivity index (χ0v) is 7.75. The van der Waals surface area contributed by atoms with E-state index < -0.39 is 0 Å². The van der Waals surface area contributed by atoms with Gasteiger partial charge >= 0.3 is 0 Å². The molecule has 1 nitrogen and oxygen atoms in total. The standard InChI is InChI=1S/C10H18N/c1-11(2,3)10-7-8-4-5-9(10)6-8/h4-5,8-10H,6-7H2,1-3H3/q+1. The van der Waals surface area contributed by atoms with Crippen molar-refractivity contribution >= 4 is 0 Å². The van der Waals surface area contributed by atoms with Crippen molar-refractivity contribution in [1.29, 1.82) is 0 Å². The summed E-state index contributed by atoms with van der Waals surface area (Å²) in [4.78, 5) is 0. The van der Waals surface area contributed by atoms with Gasteiger partial charge in [-0.3, -0.25) is 0 Å². The molecule has 0 saturated heterocycles. The highest BCUT2D eigenvalue weighted by atomic mass is 15.3. The third-order valence-electron chi connectivity index (χ3n) is 3.24. The van der Waals surface area contributed by atoms with Gasteiger partial charge in [-0.2, -0.15) is 0 Å². The van der Waals surface area contributed by atoms with E-state index in [-0.39, 0.29) is 0 Å². The summed E-state index contributed by atoms with van der Waals surface area (Å²) in [7, 11) is 6.96. The van der Waals surface area contributed by atoms with Crippen molar-refractivity contribution in [3.63, 3.8) is 0 Å². The molecule has 0 aromatic rings. The SMILES string of the molecule is C[N+](C)(C)C1CC2C=CC1C2. The lowest BCUT2D eigenvalue weighted by molar-refractivity contribution is -0.898. The predicted molar refractivity (Wildman–Crippen MR) is 47.2 cm³/mol. The van der Waals surface area contributed by atoms with Crippen LogP contribution >= 0.6 is 0 Å². The third kappa shape index (κ3) is 1.12. The van der Waals surface area contributed by atoms with E-state index in [0.29, 0.717) is 0 Å². The van der Waals surface area contributed by atoms with Crippen molar-refractivity contribution in [1.82, 2.24) is 0 Å². The van der Waals surface area contributed by atoms with E-state index in [2.05, 4.69) is 33.3 Å². The summed E-state index contributed by atoms with van der Waals surface area (Å²) in [5.41, 5.74) is 0. The Balaban J connectivity index is 2.15. The molecule has 2 bridgehead atoms. The van der Waals surface area contributed by atoms with E-state index in [9.17, 15) is 0 Å². The van der Waals surface area contributed by atoms with Gasteiger partial charge in [0, 0.05) is 12.3 Å². The molecule has 0 aromatic heterocycles. The number of hydrogen-bond donors (Lipinski definition) is 0. The lowest BCUT2D eigenvalue weighted by atomic mass is 9.99. The molecule has 0 heterocycles. The van der Waals surface area contributed by atoms with Crippen LogP contribution in [0.1, 0.15) is 12.8 Å². The molecule has 62 valence electrons. The van der Waals surface area contributed by atoms with Crippen LogP contribution in [-0.2, 0) is 0 Å². The summed E-state index contributed by atoms with van der Waals surface area (Å²) in [5.74, 6) is 1.81. The first-order chi connectivity index (χ1) is 5.07. The summed E-state index contributed by atoms with van der Waals surface area (Å²) in [6.45, 7) is 0. The number of nitrogens with zero attached hydrogens (tertiary/aromatic N) is 1. The van der Waals surface area contributed by atoms with Crippen molar-refractivity contribution in [2.45, 2.75) is 18.9 Å². The maximum absolute atomic E-state index is 2.43. The number of hydrogen-bond acceptors (Lipinski definition) is 0. The molecular formula is C10H18N+. The van der Waals surface area contributed by atoms with E-state index in [1.807, 2.05) is 0 Å². The van der Waals surface area contributed by atoms with Gasteiger partial charge in [-0.25, -0.2) is 0 Å². The van der Waals surface area contributed by atoms with Crippen LogP contribution in [0.25, 0.3) is 0 Å². The lowest BCUT2D eigenvalue weighted by Crippen LogP contribution is -2.47. The van der Waals surface area contributed by atoms with Crippen LogP contribution in [0.4, 0.5) is 0 Å². The second kappa shape index (κ2) is 2.10. The highest BCUT2D eigenvalue weighted by Gasteiger charge is 2.42. The topological polar surface area (TPSA) is 0 Å². The zero-order chi connectivity index (χ0) is 8.06. The monoisotopic (exact) mass is 152 g/mol. The number of rotatable bonds is 1. The van der Waals surface area contributed by atoms with Crippen LogP contribution in [-0.4, -0.2) is 31.7 Å². The van der Waals surface area contributed by atoms with Gasteiger partial charge in [-0.05, 0) is 12.3 Å². The first-order valence-corrected chi connectivity index (χ1v) is 4.57. The van der Waals surface area contributed by atoms with Crippen LogP contribution in [0, 0.1) is 11.8 Å². The van der Waals surface area contributed by atoms with Crippen molar-refractivity contribution in [3.8, 4) is 0 Å². The molecule has 0 aromatic carbocycles. The van der Waals surface area contributed by atoms with Crippen LogP contribution in [0.15, 0.2) is 12.2 Å². The Kier molecular flexibility index (Phi) is 1.40. The Morgan fingerprint density at radius 2 is 1.82 bits per heavy atom. The van der Waals surface area contributed by atoms with E-state index in [0.717, 1.165) is 22.4 Å². The van der Waals surface area contributed by atoms with Gasteiger partial charge in [-0.15, -0.1) is 0 Å². The molecule has 11 heavy (non-hydrogen) atoms.